The lowest BCUT2D eigenvalue weighted by Gasteiger charge is -2.16. The number of fused-ring (bicyclic) bond motifs is 1. The Kier molecular flexibility index (Phi) is 5.40. The zero-order valence-electron chi connectivity index (χ0n) is 11.2. The lowest BCUT2D eigenvalue weighted by Crippen LogP contribution is -2.10. The number of rotatable bonds is 6. The van der Waals surface area contributed by atoms with Crippen molar-refractivity contribution < 1.29 is 9.90 Å². The topological polar surface area (TPSA) is 55.1 Å². The van der Waals surface area contributed by atoms with Gasteiger partial charge in [-0.2, -0.15) is 11.8 Å². The molecule has 0 aliphatic heterocycles. The van der Waals surface area contributed by atoms with Gasteiger partial charge in [0.25, 0.3) is 0 Å². The molecule has 1 unspecified atom stereocenters. The van der Waals surface area contributed by atoms with Crippen LogP contribution in [0.25, 0.3) is 11.0 Å². The molecule has 0 fully saturated rings. The van der Waals surface area contributed by atoms with Crippen LogP contribution in [0.4, 0.5) is 0 Å². The van der Waals surface area contributed by atoms with Gasteiger partial charge in [0, 0.05) is 16.3 Å². The number of carbonyl (C=O) groups is 1. The van der Waals surface area contributed by atoms with E-state index in [9.17, 15) is 4.79 Å². The number of imidazole rings is 1. The summed E-state index contributed by atoms with van der Waals surface area (Å²) in [6.07, 6.45) is 2.07. The molecule has 0 spiro atoms. The second-order valence-electron chi connectivity index (χ2n) is 4.38. The molecule has 0 saturated heterocycles. The minimum atomic E-state index is -0.827. The third kappa shape index (κ3) is 3.51. The van der Waals surface area contributed by atoms with E-state index in [0.717, 1.165) is 26.4 Å². The SMILES string of the molecule is CSCC(C)n1c(SCC(=O)O)nc2cc(Br)ccc21. The van der Waals surface area contributed by atoms with Gasteiger partial charge in [0.15, 0.2) is 5.16 Å². The van der Waals surface area contributed by atoms with E-state index >= 15 is 0 Å². The zero-order valence-corrected chi connectivity index (χ0v) is 14.4. The Morgan fingerprint density at radius 3 is 2.95 bits per heavy atom. The van der Waals surface area contributed by atoms with Crippen molar-refractivity contribution in [2.75, 3.05) is 17.8 Å². The van der Waals surface area contributed by atoms with Gasteiger partial charge in [0.2, 0.25) is 0 Å². The summed E-state index contributed by atoms with van der Waals surface area (Å²) in [5, 5.41) is 9.62. The second kappa shape index (κ2) is 6.87. The average molecular weight is 375 g/mol. The number of hydrogen-bond donors (Lipinski definition) is 1. The van der Waals surface area contributed by atoms with Gasteiger partial charge >= 0.3 is 5.97 Å². The van der Waals surface area contributed by atoms with Crippen LogP contribution >= 0.6 is 39.5 Å². The summed E-state index contributed by atoms with van der Waals surface area (Å²) in [7, 11) is 0. The van der Waals surface area contributed by atoms with E-state index in [0.29, 0.717) is 0 Å². The normalized spacial score (nSPS) is 12.8. The summed E-state index contributed by atoms with van der Waals surface area (Å²) in [5.41, 5.74) is 1.93. The lowest BCUT2D eigenvalue weighted by atomic mass is 10.3. The second-order valence-corrected chi connectivity index (χ2v) is 7.15. The highest BCUT2D eigenvalue weighted by molar-refractivity contribution is 9.10. The van der Waals surface area contributed by atoms with E-state index in [1.807, 2.05) is 18.2 Å². The highest BCUT2D eigenvalue weighted by atomic mass is 79.9. The maximum absolute atomic E-state index is 10.8. The van der Waals surface area contributed by atoms with Gasteiger partial charge in [-0.05, 0) is 31.4 Å². The van der Waals surface area contributed by atoms with Crippen LogP contribution in [0, 0.1) is 0 Å². The highest BCUT2D eigenvalue weighted by Gasteiger charge is 2.17. The number of thioether (sulfide) groups is 2. The number of aromatic nitrogens is 2. The quantitative estimate of drug-likeness (QED) is 0.776. The minimum absolute atomic E-state index is 0.0243. The van der Waals surface area contributed by atoms with E-state index in [1.165, 1.54) is 11.8 Å². The van der Waals surface area contributed by atoms with Crippen molar-refractivity contribution in [1.29, 1.82) is 0 Å². The molecule has 2 aromatic rings. The maximum Gasteiger partial charge on any atom is 0.313 e. The Labute approximate surface area is 134 Å². The predicted molar refractivity (Wildman–Crippen MR) is 88.9 cm³/mol. The van der Waals surface area contributed by atoms with Crippen LogP contribution in [0.1, 0.15) is 13.0 Å². The summed E-state index contributed by atoms with van der Waals surface area (Å²) < 4.78 is 3.10. The van der Waals surface area contributed by atoms with Crippen molar-refractivity contribution >= 4 is 56.5 Å². The van der Waals surface area contributed by atoms with Crippen molar-refractivity contribution in [2.45, 2.75) is 18.1 Å². The molecule has 1 aromatic carbocycles. The molecule has 0 amide bonds. The van der Waals surface area contributed by atoms with Crippen molar-refractivity contribution in [1.82, 2.24) is 9.55 Å². The first-order valence-corrected chi connectivity index (χ1v) is 9.21. The molecule has 0 aliphatic rings. The number of halogens is 1. The molecule has 1 aromatic heterocycles. The van der Waals surface area contributed by atoms with Crippen molar-refractivity contribution in [2.24, 2.45) is 0 Å². The Hall–Kier alpha value is -0.660. The van der Waals surface area contributed by atoms with Crippen LogP contribution in [-0.2, 0) is 4.79 Å². The molecule has 0 bridgehead atoms. The largest absolute Gasteiger partial charge is 0.481 e. The summed E-state index contributed by atoms with van der Waals surface area (Å²) in [5.74, 6) is 0.158. The molecule has 1 heterocycles. The maximum atomic E-state index is 10.8. The van der Waals surface area contributed by atoms with E-state index < -0.39 is 5.97 Å². The van der Waals surface area contributed by atoms with E-state index in [4.69, 9.17) is 5.11 Å². The average Bonchev–Trinajstić information content (AvgIpc) is 2.74. The van der Waals surface area contributed by atoms with Crippen molar-refractivity contribution in [3.8, 4) is 0 Å². The van der Waals surface area contributed by atoms with E-state index in [2.05, 4.69) is 38.7 Å². The minimum Gasteiger partial charge on any atom is -0.481 e. The molecule has 0 saturated carbocycles. The molecule has 2 rings (SSSR count). The number of benzene rings is 1. The van der Waals surface area contributed by atoms with Gasteiger partial charge in [-0.3, -0.25) is 4.79 Å². The van der Waals surface area contributed by atoms with Gasteiger partial charge in [-0.1, -0.05) is 27.7 Å². The summed E-state index contributed by atoms with van der Waals surface area (Å²) in [6.45, 7) is 2.13. The number of nitrogens with zero attached hydrogens (tertiary/aromatic N) is 2. The smallest absolute Gasteiger partial charge is 0.313 e. The molecule has 4 nitrogen and oxygen atoms in total. The summed E-state index contributed by atoms with van der Waals surface area (Å²) in [4.78, 5) is 15.4. The van der Waals surface area contributed by atoms with Gasteiger partial charge in [-0.25, -0.2) is 4.98 Å². The molecular weight excluding hydrogens is 360 g/mol. The molecule has 1 N–H and O–H groups in total. The van der Waals surface area contributed by atoms with E-state index in [-0.39, 0.29) is 11.8 Å². The first-order valence-electron chi connectivity index (χ1n) is 6.04. The van der Waals surface area contributed by atoms with Crippen molar-refractivity contribution in [3.05, 3.63) is 22.7 Å². The fourth-order valence-electron chi connectivity index (χ4n) is 2.02. The van der Waals surface area contributed by atoms with Gasteiger partial charge < -0.3 is 9.67 Å². The van der Waals surface area contributed by atoms with Crippen LogP contribution in [0.3, 0.4) is 0 Å². The number of hydrogen-bond acceptors (Lipinski definition) is 4. The van der Waals surface area contributed by atoms with E-state index in [1.54, 1.807) is 11.8 Å². The highest BCUT2D eigenvalue weighted by Crippen LogP contribution is 2.30. The third-order valence-electron chi connectivity index (χ3n) is 2.79. The molecule has 1 atom stereocenters. The van der Waals surface area contributed by atoms with Crippen LogP contribution in [0.5, 0.6) is 0 Å². The molecule has 20 heavy (non-hydrogen) atoms. The Morgan fingerprint density at radius 1 is 1.55 bits per heavy atom. The first kappa shape index (κ1) is 15.7. The van der Waals surface area contributed by atoms with Crippen LogP contribution in [0.15, 0.2) is 27.8 Å². The molecule has 0 radical (unpaired) electrons. The van der Waals surface area contributed by atoms with Gasteiger partial charge in [-0.15, -0.1) is 0 Å². The Bertz CT molecular complexity index is 630. The Morgan fingerprint density at radius 2 is 2.30 bits per heavy atom. The fraction of sp³-hybridized carbons (Fsp3) is 0.385. The predicted octanol–water partition coefficient (Wildman–Crippen LogP) is 3.90. The van der Waals surface area contributed by atoms with Crippen molar-refractivity contribution in [3.63, 3.8) is 0 Å². The molecule has 108 valence electrons. The fourth-order valence-corrected chi connectivity index (χ4v) is 3.83. The standard InChI is InChI=1S/C13H15BrN2O2S2/c1-8(6-19-2)16-11-4-3-9(14)5-10(11)15-13(16)20-7-12(17)18/h3-5,8H,6-7H2,1-2H3,(H,17,18). The first-order chi connectivity index (χ1) is 9.52. The summed E-state index contributed by atoms with van der Waals surface area (Å²) in [6, 6.07) is 6.24. The van der Waals surface area contributed by atoms with Crippen LogP contribution < -0.4 is 0 Å². The monoisotopic (exact) mass is 374 g/mol. The van der Waals surface area contributed by atoms with Gasteiger partial charge in [0.05, 0.1) is 16.8 Å². The summed E-state index contributed by atoms with van der Waals surface area (Å²) >= 11 is 6.48. The molecule has 7 heteroatoms. The van der Waals surface area contributed by atoms with Crippen LogP contribution in [-0.4, -0.2) is 38.4 Å². The Balaban J connectivity index is 2.47. The zero-order chi connectivity index (χ0) is 14.7. The van der Waals surface area contributed by atoms with Crippen LogP contribution in [0.2, 0.25) is 0 Å². The number of carboxylic acids is 1. The molecule has 0 aliphatic carbocycles. The number of carboxylic acid groups (broad SMARTS) is 1. The number of aliphatic carboxylic acids is 1. The lowest BCUT2D eigenvalue weighted by molar-refractivity contribution is -0.133. The third-order valence-corrected chi connectivity index (χ3v) is 5.04. The molecular formula is C13H15BrN2O2S2. The van der Waals surface area contributed by atoms with Gasteiger partial charge in [0.1, 0.15) is 0 Å².